The van der Waals surface area contributed by atoms with Gasteiger partial charge in [-0.15, -0.1) is 0 Å². The second-order valence-corrected chi connectivity index (χ2v) is 5.89. The van der Waals surface area contributed by atoms with Gasteiger partial charge in [-0.25, -0.2) is 0 Å². The summed E-state index contributed by atoms with van der Waals surface area (Å²) in [6, 6.07) is 5.71. The standard InChI is InChI=1S/C17H15N3O6/c1-9(19-8-12(20(24)25)4-6-15(19)21)16(22)11-3-5-14-13(7-11)18-17(23)10(2)26-14/h3-10H,1-2H3,(H,18,23). The van der Waals surface area contributed by atoms with Crippen LogP contribution in [0.1, 0.15) is 30.2 Å². The van der Waals surface area contributed by atoms with Gasteiger partial charge in [0.2, 0.25) is 0 Å². The van der Waals surface area contributed by atoms with Crippen LogP contribution in [0.25, 0.3) is 0 Å². The van der Waals surface area contributed by atoms with Crippen LogP contribution in [0.5, 0.6) is 5.75 Å². The average Bonchev–Trinajstić information content (AvgIpc) is 2.61. The molecule has 0 saturated carbocycles. The van der Waals surface area contributed by atoms with E-state index in [9.17, 15) is 24.5 Å². The maximum Gasteiger partial charge on any atom is 0.285 e. The van der Waals surface area contributed by atoms with Crippen molar-refractivity contribution in [2.45, 2.75) is 26.0 Å². The molecule has 0 spiro atoms. The number of hydrogen-bond acceptors (Lipinski definition) is 6. The van der Waals surface area contributed by atoms with Crippen LogP contribution in [0, 0.1) is 10.1 Å². The lowest BCUT2D eigenvalue weighted by molar-refractivity contribution is -0.385. The van der Waals surface area contributed by atoms with Gasteiger partial charge >= 0.3 is 0 Å². The van der Waals surface area contributed by atoms with Crippen molar-refractivity contribution in [3.63, 3.8) is 0 Å². The number of Topliss-reactive ketones (excluding diaryl/α,β-unsaturated/α-hetero) is 1. The van der Waals surface area contributed by atoms with Gasteiger partial charge in [0.1, 0.15) is 5.75 Å². The quantitative estimate of drug-likeness (QED) is 0.507. The maximum absolute atomic E-state index is 12.7. The van der Waals surface area contributed by atoms with Crippen molar-refractivity contribution < 1.29 is 19.2 Å². The minimum absolute atomic E-state index is 0.244. The molecular weight excluding hydrogens is 342 g/mol. The third-order valence-corrected chi connectivity index (χ3v) is 4.12. The van der Waals surface area contributed by atoms with Crippen molar-refractivity contribution in [2.75, 3.05) is 5.32 Å². The monoisotopic (exact) mass is 357 g/mol. The van der Waals surface area contributed by atoms with Gasteiger partial charge in [0.25, 0.3) is 17.2 Å². The Bertz CT molecular complexity index is 981. The SMILES string of the molecule is CC1Oc2ccc(C(=O)C(C)n3cc([N+](=O)[O-])ccc3=O)cc2NC1=O. The van der Waals surface area contributed by atoms with Gasteiger partial charge in [0, 0.05) is 17.7 Å². The smallest absolute Gasteiger partial charge is 0.285 e. The summed E-state index contributed by atoms with van der Waals surface area (Å²) in [5, 5.41) is 13.5. The first-order valence-electron chi connectivity index (χ1n) is 7.80. The molecular formula is C17H15N3O6. The van der Waals surface area contributed by atoms with Crippen LogP contribution >= 0.6 is 0 Å². The number of ketones is 1. The van der Waals surface area contributed by atoms with Gasteiger partial charge in [-0.05, 0) is 32.0 Å². The third kappa shape index (κ3) is 3.06. The number of benzene rings is 1. The minimum Gasteiger partial charge on any atom is -0.479 e. The first-order chi connectivity index (χ1) is 12.3. The number of carbonyl (C=O) groups excluding carboxylic acids is 2. The van der Waals surface area contributed by atoms with Crippen LogP contribution in [0.4, 0.5) is 11.4 Å². The first-order valence-corrected chi connectivity index (χ1v) is 7.80. The van der Waals surface area contributed by atoms with E-state index in [0.717, 1.165) is 22.9 Å². The van der Waals surface area contributed by atoms with Crippen LogP contribution in [0.3, 0.4) is 0 Å². The number of pyridine rings is 1. The molecule has 134 valence electrons. The molecule has 0 radical (unpaired) electrons. The Kier molecular flexibility index (Phi) is 4.29. The van der Waals surface area contributed by atoms with Gasteiger partial charge in [0.15, 0.2) is 11.9 Å². The van der Waals surface area contributed by atoms with E-state index in [-0.39, 0.29) is 17.2 Å². The van der Waals surface area contributed by atoms with Gasteiger partial charge in [0.05, 0.1) is 22.8 Å². The number of fused-ring (bicyclic) bond motifs is 1. The number of hydrogen-bond donors (Lipinski definition) is 1. The molecule has 9 heteroatoms. The Morgan fingerprint density at radius 3 is 2.73 bits per heavy atom. The van der Waals surface area contributed by atoms with Crippen molar-refractivity contribution in [3.8, 4) is 5.75 Å². The fraction of sp³-hybridized carbons (Fsp3) is 0.235. The molecule has 1 aliphatic heterocycles. The number of nitro groups is 1. The molecule has 3 rings (SSSR count). The topological polar surface area (TPSA) is 121 Å². The van der Waals surface area contributed by atoms with Gasteiger partial charge in [-0.2, -0.15) is 0 Å². The number of nitrogens with one attached hydrogen (secondary N) is 1. The zero-order valence-corrected chi connectivity index (χ0v) is 14.0. The average molecular weight is 357 g/mol. The van der Waals surface area contributed by atoms with Crippen molar-refractivity contribution >= 4 is 23.1 Å². The molecule has 26 heavy (non-hydrogen) atoms. The summed E-state index contributed by atoms with van der Waals surface area (Å²) >= 11 is 0. The lowest BCUT2D eigenvalue weighted by atomic mass is 10.0. The fourth-order valence-electron chi connectivity index (χ4n) is 2.63. The second kappa shape index (κ2) is 6.43. The minimum atomic E-state index is -0.959. The summed E-state index contributed by atoms with van der Waals surface area (Å²) in [6.07, 6.45) is 0.405. The molecule has 1 aliphatic rings. The number of anilines is 1. The van der Waals surface area contributed by atoms with E-state index < -0.39 is 28.4 Å². The summed E-state index contributed by atoms with van der Waals surface area (Å²) in [4.78, 5) is 46.7. The molecule has 9 nitrogen and oxygen atoms in total. The summed E-state index contributed by atoms with van der Waals surface area (Å²) in [6.45, 7) is 3.08. The highest BCUT2D eigenvalue weighted by Crippen LogP contribution is 2.31. The van der Waals surface area contributed by atoms with Crippen LogP contribution in [-0.2, 0) is 4.79 Å². The number of nitrogens with zero attached hydrogens (tertiary/aromatic N) is 2. The van der Waals surface area contributed by atoms with Crippen molar-refractivity contribution in [3.05, 3.63) is 62.6 Å². The van der Waals surface area contributed by atoms with E-state index >= 15 is 0 Å². The Morgan fingerprint density at radius 1 is 1.31 bits per heavy atom. The Balaban J connectivity index is 1.94. The zero-order chi connectivity index (χ0) is 19.0. The molecule has 1 N–H and O–H groups in total. The molecule has 0 fully saturated rings. The molecule has 0 saturated heterocycles. The van der Waals surface area contributed by atoms with Crippen LogP contribution in [0.2, 0.25) is 0 Å². The lowest BCUT2D eigenvalue weighted by Gasteiger charge is -2.24. The number of ether oxygens (including phenoxy) is 1. The van der Waals surface area contributed by atoms with E-state index in [2.05, 4.69) is 5.32 Å². The Labute approximate surface area is 147 Å². The summed E-state index contributed by atoms with van der Waals surface area (Å²) in [5.41, 5.74) is -0.213. The van der Waals surface area contributed by atoms with Crippen molar-refractivity contribution in [1.82, 2.24) is 4.57 Å². The van der Waals surface area contributed by atoms with Crippen LogP contribution < -0.4 is 15.6 Å². The van der Waals surface area contributed by atoms with E-state index in [1.54, 1.807) is 13.0 Å². The summed E-state index contributed by atoms with van der Waals surface area (Å²) in [7, 11) is 0. The molecule has 1 aromatic heterocycles. The maximum atomic E-state index is 12.7. The highest BCUT2D eigenvalue weighted by Gasteiger charge is 2.26. The zero-order valence-electron chi connectivity index (χ0n) is 14.0. The lowest BCUT2D eigenvalue weighted by Crippen LogP contribution is -2.34. The predicted octanol–water partition coefficient (Wildman–Crippen LogP) is 1.92. The summed E-state index contributed by atoms with van der Waals surface area (Å²) < 4.78 is 6.44. The van der Waals surface area contributed by atoms with Gasteiger partial charge in [-0.1, -0.05) is 0 Å². The van der Waals surface area contributed by atoms with Gasteiger partial charge in [-0.3, -0.25) is 29.1 Å². The molecule has 2 unspecified atom stereocenters. The predicted molar refractivity (Wildman–Crippen MR) is 91.6 cm³/mol. The first kappa shape index (κ1) is 17.3. The van der Waals surface area contributed by atoms with E-state index in [0.29, 0.717) is 11.4 Å². The highest BCUT2D eigenvalue weighted by molar-refractivity contribution is 6.02. The fourth-order valence-corrected chi connectivity index (χ4v) is 2.63. The third-order valence-electron chi connectivity index (χ3n) is 4.12. The highest BCUT2D eigenvalue weighted by atomic mass is 16.6. The van der Waals surface area contributed by atoms with Gasteiger partial charge < -0.3 is 10.1 Å². The Morgan fingerprint density at radius 2 is 2.04 bits per heavy atom. The normalized spacial score (nSPS) is 16.8. The number of rotatable bonds is 4. The van der Waals surface area contributed by atoms with Crippen molar-refractivity contribution in [1.29, 1.82) is 0 Å². The summed E-state index contributed by atoms with van der Waals surface area (Å²) in [5.74, 6) is -0.317. The van der Waals surface area contributed by atoms with Crippen molar-refractivity contribution in [2.24, 2.45) is 0 Å². The van der Waals surface area contributed by atoms with E-state index in [1.807, 2.05) is 0 Å². The molecule has 2 heterocycles. The molecule has 1 aromatic carbocycles. The van der Waals surface area contributed by atoms with E-state index in [4.69, 9.17) is 4.74 Å². The number of amides is 1. The molecule has 2 aromatic rings. The van der Waals surface area contributed by atoms with E-state index in [1.165, 1.54) is 19.1 Å². The number of carbonyl (C=O) groups is 2. The largest absolute Gasteiger partial charge is 0.479 e. The van der Waals surface area contributed by atoms with Crippen LogP contribution in [-0.4, -0.2) is 27.3 Å². The molecule has 2 atom stereocenters. The molecule has 1 amide bonds. The second-order valence-electron chi connectivity index (χ2n) is 5.89. The molecule has 0 bridgehead atoms. The Hall–Kier alpha value is -3.49. The van der Waals surface area contributed by atoms with Crippen LogP contribution in [0.15, 0.2) is 41.3 Å². The number of aromatic nitrogens is 1. The molecule has 0 aliphatic carbocycles.